The van der Waals surface area contributed by atoms with Gasteiger partial charge in [0.1, 0.15) is 23.4 Å². The molecule has 0 fully saturated rings. The lowest BCUT2D eigenvalue weighted by atomic mass is 10.1. The van der Waals surface area contributed by atoms with Crippen molar-refractivity contribution in [3.8, 4) is 23.8 Å². The molecule has 1 heterocycles. The standard InChI is InChI=1S/C21H19BrN4O3S/c1-4-10-29-19-9-8-16(22)12-18(19)20(13-25(27)28)30-21-24-23-15(3)26(21)17-7-5-6-14(2)11-17/h1,5-9,11-12,20H,10,13H2,2-3H3/t20-/m0/s1. The third kappa shape index (κ3) is 5.20. The predicted octanol–water partition coefficient (Wildman–Crippen LogP) is 4.77. The van der Waals surface area contributed by atoms with Gasteiger partial charge in [-0.2, -0.15) is 0 Å². The summed E-state index contributed by atoms with van der Waals surface area (Å²) in [5, 5.41) is 19.9. The fourth-order valence-corrected chi connectivity index (χ4v) is 4.54. The summed E-state index contributed by atoms with van der Waals surface area (Å²) in [7, 11) is 0. The van der Waals surface area contributed by atoms with Crippen molar-refractivity contribution >= 4 is 27.7 Å². The summed E-state index contributed by atoms with van der Waals surface area (Å²) in [6.45, 7) is 3.61. The van der Waals surface area contributed by atoms with E-state index < -0.39 is 5.25 Å². The molecule has 0 aliphatic carbocycles. The summed E-state index contributed by atoms with van der Waals surface area (Å²) in [5.41, 5.74) is 2.66. The number of terminal acetylenes is 1. The van der Waals surface area contributed by atoms with Gasteiger partial charge in [-0.3, -0.25) is 14.7 Å². The molecule has 0 unspecified atom stereocenters. The van der Waals surface area contributed by atoms with Crippen molar-refractivity contribution in [1.29, 1.82) is 0 Å². The fourth-order valence-electron chi connectivity index (χ4n) is 2.97. The molecule has 30 heavy (non-hydrogen) atoms. The maximum Gasteiger partial charge on any atom is 0.220 e. The first-order valence-electron chi connectivity index (χ1n) is 9.02. The average molecular weight is 487 g/mol. The molecule has 3 rings (SSSR count). The van der Waals surface area contributed by atoms with Crippen LogP contribution in [0.15, 0.2) is 52.1 Å². The van der Waals surface area contributed by atoms with Gasteiger partial charge in [-0.25, -0.2) is 0 Å². The molecule has 0 bridgehead atoms. The number of benzene rings is 2. The van der Waals surface area contributed by atoms with E-state index in [1.807, 2.05) is 54.8 Å². The first-order valence-corrected chi connectivity index (χ1v) is 10.7. The summed E-state index contributed by atoms with van der Waals surface area (Å²) in [6, 6.07) is 13.3. The van der Waals surface area contributed by atoms with Crippen LogP contribution in [0, 0.1) is 36.3 Å². The van der Waals surface area contributed by atoms with E-state index in [0.29, 0.717) is 22.3 Å². The van der Waals surface area contributed by atoms with Crippen molar-refractivity contribution in [3.63, 3.8) is 0 Å². The van der Waals surface area contributed by atoms with E-state index in [1.54, 1.807) is 6.07 Å². The Labute approximate surface area is 187 Å². The quantitative estimate of drug-likeness (QED) is 0.197. The molecule has 0 aliphatic heterocycles. The molecule has 2 aromatic carbocycles. The SMILES string of the molecule is C#CCOc1ccc(Br)cc1[C@H](C[N+](=O)[O-])Sc1nnc(C)n1-c1cccc(C)c1. The molecule has 0 amide bonds. The third-order valence-corrected chi connectivity index (χ3v) is 5.90. The number of thioether (sulfide) groups is 1. The molecule has 0 saturated carbocycles. The number of nitro groups is 1. The van der Waals surface area contributed by atoms with Crippen LogP contribution in [0.1, 0.15) is 22.2 Å². The van der Waals surface area contributed by atoms with Crippen molar-refractivity contribution in [2.24, 2.45) is 0 Å². The first kappa shape index (κ1) is 21.9. The minimum absolute atomic E-state index is 0.0725. The van der Waals surface area contributed by atoms with E-state index in [-0.39, 0.29) is 18.1 Å². The van der Waals surface area contributed by atoms with Gasteiger partial charge < -0.3 is 4.74 Å². The largest absolute Gasteiger partial charge is 0.481 e. The molecule has 0 aliphatic rings. The number of aromatic nitrogens is 3. The fraction of sp³-hybridized carbons (Fsp3) is 0.238. The molecule has 9 heteroatoms. The van der Waals surface area contributed by atoms with Gasteiger partial charge in [-0.05, 0) is 49.7 Å². The summed E-state index contributed by atoms with van der Waals surface area (Å²) < 4.78 is 8.32. The lowest BCUT2D eigenvalue weighted by Gasteiger charge is -2.18. The zero-order valence-electron chi connectivity index (χ0n) is 16.4. The second kappa shape index (κ2) is 9.78. The number of hydrogen-bond donors (Lipinski definition) is 0. The van der Waals surface area contributed by atoms with Crippen molar-refractivity contribution in [2.75, 3.05) is 13.2 Å². The molecular weight excluding hydrogens is 468 g/mol. The zero-order valence-corrected chi connectivity index (χ0v) is 18.8. The molecule has 7 nitrogen and oxygen atoms in total. The predicted molar refractivity (Wildman–Crippen MR) is 120 cm³/mol. The van der Waals surface area contributed by atoms with E-state index >= 15 is 0 Å². The minimum Gasteiger partial charge on any atom is -0.481 e. The second-order valence-electron chi connectivity index (χ2n) is 6.50. The Hall–Kier alpha value is -2.83. The van der Waals surface area contributed by atoms with Crippen LogP contribution in [0.25, 0.3) is 5.69 Å². The number of nitrogens with zero attached hydrogens (tertiary/aromatic N) is 4. The summed E-state index contributed by atoms with van der Waals surface area (Å²) >= 11 is 4.71. The van der Waals surface area contributed by atoms with Gasteiger partial charge >= 0.3 is 0 Å². The Bertz CT molecular complexity index is 1110. The van der Waals surface area contributed by atoms with Crippen LogP contribution in [-0.4, -0.2) is 32.8 Å². The van der Waals surface area contributed by atoms with Crippen molar-refractivity contribution in [1.82, 2.24) is 14.8 Å². The monoisotopic (exact) mass is 486 g/mol. The summed E-state index contributed by atoms with van der Waals surface area (Å²) in [4.78, 5) is 11.1. The van der Waals surface area contributed by atoms with Crippen LogP contribution >= 0.6 is 27.7 Å². The van der Waals surface area contributed by atoms with Crippen LogP contribution in [0.5, 0.6) is 5.75 Å². The Balaban J connectivity index is 2.03. The van der Waals surface area contributed by atoms with E-state index in [4.69, 9.17) is 11.2 Å². The molecule has 0 saturated heterocycles. The highest BCUT2D eigenvalue weighted by Crippen LogP contribution is 2.41. The van der Waals surface area contributed by atoms with Crippen LogP contribution in [0.4, 0.5) is 0 Å². The number of aryl methyl sites for hydroxylation is 2. The first-order chi connectivity index (χ1) is 14.4. The highest BCUT2D eigenvalue weighted by Gasteiger charge is 2.27. The molecule has 0 N–H and O–H groups in total. The van der Waals surface area contributed by atoms with Crippen molar-refractivity contribution in [3.05, 3.63) is 74.0 Å². The van der Waals surface area contributed by atoms with Crippen molar-refractivity contribution in [2.45, 2.75) is 24.3 Å². The maximum atomic E-state index is 11.5. The van der Waals surface area contributed by atoms with Crippen LogP contribution < -0.4 is 4.74 Å². The van der Waals surface area contributed by atoms with Gasteiger partial charge in [-0.15, -0.1) is 16.6 Å². The molecule has 0 spiro atoms. The number of ether oxygens (including phenoxy) is 1. The van der Waals surface area contributed by atoms with Gasteiger partial charge in [0.25, 0.3) is 0 Å². The van der Waals surface area contributed by atoms with E-state index in [9.17, 15) is 10.1 Å². The van der Waals surface area contributed by atoms with Gasteiger partial charge in [0.2, 0.25) is 6.54 Å². The average Bonchev–Trinajstić information content (AvgIpc) is 3.06. The summed E-state index contributed by atoms with van der Waals surface area (Å²) in [5.74, 6) is 3.63. The second-order valence-corrected chi connectivity index (χ2v) is 8.59. The highest BCUT2D eigenvalue weighted by atomic mass is 79.9. The van der Waals surface area contributed by atoms with Gasteiger partial charge in [-0.1, -0.05) is 45.7 Å². The van der Waals surface area contributed by atoms with E-state index in [0.717, 1.165) is 15.7 Å². The summed E-state index contributed by atoms with van der Waals surface area (Å²) in [6.07, 6.45) is 5.32. The normalized spacial score (nSPS) is 11.7. The van der Waals surface area contributed by atoms with Gasteiger partial charge in [0.05, 0.1) is 0 Å². The smallest absolute Gasteiger partial charge is 0.220 e. The van der Waals surface area contributed by atoms with Gasteiger partial charge in [0, 0.05) is 20.6 Å². The van der Waals surface area contributed by atoms with E-state index in [2.05, 4.69) is 32.0 Å². The van der Waals surface area contributed by atoms with E-state index in [1.165, 1.54) is 11.8 Å². The lowest BCUT2D eigenvalue weighted by molar-refractivity contribution is -0.479. The molecule has 1 atom stereocenters. The molecule has 0 radical (unpaired) electrons. The maximum absolute atomic E-state index is 11.5. The minimum atomic E-state index is -0.558. The third-order valence-electron chi connectivity index (χ3n) is 4.25. The molecule has 3 aromatic rings. The Morgan fingerprint density at radius 2 is 2.10 bits per heavy atom. The number of rotatable bonds is 8. The van der Waals surface area contributed by atoms with Crippen LogP contribution in [0.2, 0.25) is 0 Å². The Kier molecular flexibility index (Phi) is 7.13. The number of hydrogen-bond acceptors (Lipinski definition) is 6. The van der Waals surface area contributed by atoms with Crippen molar-refractivity contribution < 1.29 is 9.66 Å². The molecular formula is C21H19BrN4O3S. The number of halogens is 1. The lowest BCUT2D eigenvalue weighted by Crippen LogP contribution is -2.13. The molecule has 1 aromatic heterocycles. The van der Waals surface area contributed by atoms with Crippen LogP contribution in [0.3, 0.4) is 0 Å². The molecule has 154 valence electrons. The highest BCUT2D eigenvalue weighted by molar-refractivity contribution is 9.10. The topological polar surface area (TPSA) is 83.1 Å². The van der Waals surface area contributed by atoms with Gasteiger partial charge in [0.15, 0.2) is 5.16 Å². The van der Waals surface area contributed by atoms with Crippen LogP contribution in [-0.2, 0) is 0 Å². The Morgan fingerprint density at radius 1 is 1.30 bits per heavy atom. The zero-order chi connectivity index (χ0) is 21.7. The Morgan fingerprint density at radius 3 is 2.80 bits per heavy atom.